The molecule has 0 bridgehead atoms. The highest BCUT2D eigenvalue weighted by Crippen LogP contribution is 2.37. The Morgan fingerprint density at radius 2 is 1.73 bits per heavy atom. The zero-order chi connectivity index (χ0) is 31.6. The van der Waals surface area contributed by atoms with Crippen LogP contribution in [0.1, 0.15) is 40.3 Å². The molecule has 0 spiro atoms. The zero-order valence-electron chi connectivity index (χ0n) is 25.7. The molecule has 5 rings (SSSR count). The lowest BCUT2D eigenvalue weighted by molar-refractivity contribution is -0.118. The van der Waals surface area contributed by atoms with Crippen LogP contribution in [0.4, 0.5) is 0 Å². The first-order valence-electron chi connectivity index (χ1n) is 14.9. The van der Waals surface area contributed by atoms with Crippen molar-refractivity contribution >= 4 is 12.0 Å². The Hall–Kier alpha value is -5.26. The predicted octanol–water partition coefficient (Wildman–Crippen LogP) is 6.33. The third kappa shape index (κ3) is 8.02. The highest BCUT2D eigenvalue weighted by Gasteiger charge is 2.16. The van der Waals surface area contributed by atoms with Crippen molar-refractivity contribution in [2.75, 3.05) is 26.3 Å². The summed E-state index contributed by atoms with van der Waals surface area (Å²) in [5, 5.41) is 15.5. The first-order chi connectivity index (χ1) is 21.9. The summed E-state index contributed by atoms with van der Waals surface area (Å²) >= 11 is 0. The molecule has 0 unspecified atom stereocenters. The van der Waals surface area contributed by atoms with Gasteiger partial charge in [-0.25, -0.2) is 0 Å². The molecule has 0 aromatic heterocycles. The molecule has 0 atom stereocenters. The maximum absolute atomic E-state index is 11.2. The average Bonchev–Trinajstić information content (AvgIpc) is 3.06. The van der Waals surface area contributed by atoms with E-state index in [0.29, 0.717) is 56.5 Å². The van der Waals surface area contributed by atoms with Gasteiger partial charge in [0, 0.05) is 43.8 Å². The quantitative estimate of drug-likeness (QED) is 0.172. The van der Waals surface area contributed by atoms with Gasteiger partial charge in [-0.2, -0.15) is 5.26 Å². The van der Waals surface area contributed by atoms with Crippen molar-refractivity contribution in [3.8, 4) is 40.2 Å². The Morgan fingerprint density at radius 3 is 2.53 bits per heavy atom. The molecule has 1 amide bonds. The number of benzene rings is 4. The molecule has 230 valence electrons. The highest BCUT2D eigenvalue weighted by atomic mass is 16.6. The van der Waals surface area contributed by atoms with Crippen LogP contribution in [0.3, 0.4) is 0 Å². The van der Waals surface area contributed by atoms with Gasteiger partial charge < -0.3 is 29.6 Å². The zero-order valence-corrected chi connectivity index (χ0v) is 25.7. The van der Waals surface area contributed by atoms with Crippen LogP contribution in [-0.4, -0.2) is 32.2 Å². The number of ether oxygens (including phenoxy) is 4. The van der Waals surface area contributed by atoms with Crippen molar-refractivity contribution in [3.05, 3.63) is 113 Å². The normalized spacial score (nSPS) is 11.8. The highest BCUT2D eigenvalue weighted by molar-refractivity contribution is 5.73. The van der Waals surface area contributed by atoms with Gasteiger partial charge in [-0.1, -0.05) is 49.1 Å². The van der Waals surface area contributed by atoms with E-state index in [1.807, 2.05) is 48.5 Å². The second-order valence-corrected chi connectivity index (χ2v) is 10.7. The van der Waals surface area contributed by atoms with E-state index in [1.54, 1.807) is 12.1 Å². The molecular weight excluding hydrogens is 566 g/mol. The van der Waals surface area contributed by atoms with Crippen molar-refractivity contribution in [3.63, 3.8) is 0 Å². The van der Waals surface area contributed by atoms with E-state index in [2.05, 4.69) is 48.4 Å². The molecule has 2 N–H and O–H groups in total. The van der Waals surface area contributed by atoms with Crippen molar-refractivity contribution in [1.29, 1.82) is 5.26 Å². The summed E-state index contributed by atoms with van der Waals surface area (Å²) in [6, 6.07) is 25.7. The number of carbonyl (C=O) groups is 1. The van der Waals surface area contributed by atoms with E-state index in [9.17, 15) is 10.1 Å². The van der Waals surface area contributed by atoms with Crippen LogP contribution >= 0.6 is 0 Å². The Labute approximate surface area is 264 Å². The van der Waals surface area contributed by atoms with E-state index >= 15 is 0 Å². The summed E-state index contributed by atoms with van der Waals surface area (Å²) < 4.78 is 24.2. The summed E-state index contributed by atoms with van der Waals surface area (Å²) in [6.45, 7) is 11.0. The minimum absolute atomic E-state index is 0.0667. The molecule has 4 aromatic carbocycles. The van der Waals surface area contributed by atoms with Crippen LogP contribution in [0.2, 0.25) is 0 Å². The molecule has 4 aromatic rings. The maximum Gasteiger partial charge on any atom is 0.216 e. The number of hydrogen-bond acceptors (Lipinski definition) is 7. The van der Waals surface area contributed by atoms with Crippen molar-refractivity contribution in [2.24, 2.45) is 0 Å². The topological polar surface area (TPSA) is 102 Å². The fourth-order valence-corrected chi connectivity index (χ4v) is 5.14. The van der Waals surface area contributed by atoms with Gasteiger partial charge in [0.2, 0.25) is 5.91 Å². The van der Waals surface area contributed by atoms with Crippen molar-refractivity contribution in [2.45, 2.75) is 33.6 Å². The van der Waals surface area contributed by atoms with Crippen molar-refractivity contribution < 1.29 is 23.7 Å². The summed E-state index contributed by atoms with van der Waals surface area (Å²) in [5.74, 6) is 2.76. The Balaban J connectivity index is 1.36. The van der Waals surface area contributed by atoms with Crippen LogP contribution in [0.5, 0.6) is 23.0 Å². The maximum atomic E-state index is 11.2. The lowest BCUT2D eigenvalue weighted by atomic mass is 9.96. The molecule has 0 aliphatic carbocycles. The van der Waals surface area contributed by atoms with Gasteiger partial charge >= 0.3 is 0 Å². The molecule has 0 fully saturated rings. The first-order valence-corrected chi connectivity index (χ1v) is 14.9. The van der Waals surface area contributed by atoms with Gasteiger partial charge in [-0.3, -0.25) is 4.79 Å². The molecule has 1 aliphatic rings. The molecule has 1 aliphatic heterocycles. The van der Waals surface area contributed by atoms with Crippen molar-refractivity contribution in [1.82, 2.24) is 10.6 Å². The van der Waals surface area contributed by atoms with E-state index in [-0.39, 0.29) is 12.5 Å². The van der Waals surface area contributed by atoms with E-state index in [0.717, 1.165) is 50.4 Å². The summed E-state index contributed by atoms with van der Waals surface area (Å²) in [6.07, 6.45) is 1.77. The monoisotopic (exact) mass is 603 g/mol. The molecule has 8 heteroatoms. The molecule has 45 heavy (non-hydrogen) atoms. The third-order valence-electron chi connectivity index (χ3n) is 7.54. The van der Waals surface area contributed by atoms with E-state index in [4.69, 9.17) is 18.9 Å². The summed E-state index contributed by atoms with van der Waals surface area (Å²) in [4.78, 5) is 11.2. The number of amides is 1. The van der Waals surface area contributed by atoms with Crippen LogP contribution in [0.15, 0.2) is 79.4 Å². The van der Waals surface area contributed by atoms with Crippen LogP contribution < -0.4 is 29.6 Å². The molecule has 0 saturated carbocycles. The second-order valence-electron chi connectivity index (χ2n) is 10.7. The smallest absolute Gasteiger partial charge is 0.216 e. The first kappa shape index (κ1) is 31.2. The average molecular weight is 604 g/mol. The number of carbonyl (C=O) groups excluding carboxylic acids is 1. The minimum atomic E-state index is -0.0667. The van der Waals surface area contributed by atoms with Crippen LogP contribution in [0, 0.1) is 18.3 Å². The number of rotatable bonds is 13. The van der Waals surface area contributed by atoms with Crippen LogP contribution in [0.25, 0.3) is 17.2 Å². The van der Waals surface area contributed by atoms with Gasteiger partial charge in [0.05, 0.1) is 11.6 Å². The lowest BCUT2D eigenvalue weighted by Crippen LogP contribution is -2.30. The Bertz CT molecular complexity index is 1730. The summed E-state index contributed by atoms with van der Waals surface area (Å²) in [7, 11) is 0. The number of hydrogen-bond donors (Lipinski definition) is 2. The van der Waals surface area contributed by atoms with E-state index < -0.39 is 0 Å². The van der Waals surface area contributed by atoms with Gasteiger partial charge in [0.1, 0.15) is 37.9 Å². The fourth-order valence-electron chi connectivity index (χ4n) is 5.14. The Morgan fingerprint density at radius 1 is 0.933 bits per heavy atom. The number of fused-ring (bicyclic) bond motifs is 1. The largest absolute Gasteiger partial charge is 0.488 e. The van der Waals surface area contributed by atoms with Crippen LogP contribution in [-0.2, 0) is 24.6 Å². The number of nitrogens with one attached hydrogen (secondary N) is 2. The summed E-state index contributed by atoms with van der Waals surface area (Å²) in [5.41, 5.74) is 7.55. The minimum Gasteiger partial charge on any atom is -0.488 e. The third-order valence-corrected chi connectivity index (χ3v) is 7.54. The number of nitrogens with zero attached hydrogens (tertiary/aromatic N) is 1. The molecular formula is C37H37N3O5. The Kier molecular flexibility index (Phi) is 10.4. The SMILES string of the molecule is C=Cc1cc(CNCCNC(C)=O)c(OCc2cccc(C#N)c2)cc1OCc1cccc(-c2ccc3c(c2)OCCO3)c1C. The molecule has 0 saturated heterocycles. The van der Waals surface area contributed by atoms with Gasteiger partial charge in [0.15, 0.2) is 11.5 Å². The van der Waals surface area contributed by atoms with Gasteiger partial charge in [-0.15, -0.1) is 0 Å². The molecule has 1 heterocycles. The van der Waals surface area contributed by atoms with Gasteiger partial charge in [-0.05, 0) is 65.1 Å². The van der Waals surface area contributed by atoms with E-state index in [1.165, 1.54) is 6.92 Å². The predicted molar refractivity (Wildman–Crippen MR) is 174 cm³/mol. The standard InChI is InChI=1S/C37H37N3O5/c1-4-29-18-32(22-39-13-14-40-26(3)41)36(44-23-28-8-5-7-27(17-28)21-38)20-35(29)45-24-31-9-6-10-33(25(31)2)30-11-12-34-37(19-30)43-16-15-42-34/h4-12,17-20,39H,1,13-16,22-24H2,2-3H3,(H,40,41). The van der Waals surface area contributed by atoms with Gasteiger partial charge in [0.25, 0.3) is 0 Å². The second kappa shape index (κ2) is 15.0. The lowest BCUT2D eigenvalue weighted by Gasteiger charge is -2.20. The molecule has 0 radical (unpaired) electrons. The fraction of sp³-hybridized carbons (Fsp3) is 0.243. The molecule has 8 nitrogen and oxygen atoms in total. The number of nitriles is 1.